The van der Waals surface area contributed by atoms with Crippen LogP contribution in [0.3, 0.4) is 0 Å². The van der Waals surface area contributed by atoms with E-state index in [9.17, 15) is 19.8 Å². The van der Waals surface area contributed by atoms with E-state index in [4.69, 9.17) is 15.2 Å². The molecule has 0 aromatic heterocycles. The maximum absolute atomic E-state index is 12.4. The molecule has 0 aliphatic heterocycles. The summed E-state index contributed by atoms with van der Waals surface area (Å²) in [6.07, 6.45) is 2.04. The van der Waals surface area contributed by atoms with E-state index in [0.717, 1.165) is 0 Å². The van der Waals surface area contributed by atoms with Gasteiger partial charge in [-0.05, 0) is 37.0 Å². The molecule has 0 heterocycles. The number of ether oxygens (including phenoxy) is 2. The zero-order valence-corrected chi connectivity index (χ0v) is 13.8. The molecule has 7 heteroatoms. The topological polar surface area (TPSA) is 119 Å². The van der Waals surface area contributed by atoms with Gasteiger partial charge in [-0.25, -0.2) is 4.79 Å². The van der Waals surface area contributed by atoms with Crippen molar-refractivity contribution in [3.8, 4) is 11.5 Å². The van der Waals surface area contributed by atoms with Gasteiger partial charge in [0.2, 0.25) is 0 Å². The molecule has 0 bridgehead atoms. The predicted molar refractivity (Wildman–Crippen MR) is 85.2 cm³/mol. The van der Waals surface area contributed by atoms with E-state index in [1.54, 1.807) is 6.92 Å². The van der Waals surface area contributed by atoms with E-state index < -0.39 is 23.6 Å². The number of carbonyl (C=O) groups is 2. The monoisotopic (exact) mass is 337 g/mol. The van der Waals surface area contributed by atoms with Gasteiger partial charge in [-0.3, -0.25) is 10.5 Å². The van der Waals surface area contributed by atoms with Crippen LogP contribution in [0.15, 0.2) is 18.2 Å². The number of benzene rings is 1. The minimum Gasteiger partial charge on any atom is -0.504 e. The number of aromatic hydroxyl groups is 2. The Balaban J connectivity index is 2.29. The van der Waals surface area contributed by atoms with Gasteiger partial charge >= 0.3 is 11.9 Å². The maximum atomic E-state index is 12.4. The summed E-state index contributed by atoms with van der Waals surface area (Å²) in [7, 11) is 0. The van der Waals surface area contributed by atoms with Gasteiger partial charge in [0.1, 0.15) is 0 Å². The van der Waals surface area contributed by atoms with Gasteiger partial charge in [-0.1, -0.05) is 19.9 Å². The minimum atomic E-state index is -2.00. The highest BCUT2D eigenvalue weighted by Crippen LogP contribution is 2.37. The number of rotatable bonds is 7. The Morgan fingerprint density at radius 2 is 2.00 bits per heavy atom. The second-order valence-corrected chi connectivity index (χ2v) is 6.09. The molecule has 1 aliphatic carbocycles. The summed E-state index contributed by atoms with van der Waals surface area (Å²) in [4.78, 5) is 24.5. The standard InChI is InChI=1S/C17H23NO6/c1-3-8-23-16(22)17(18,24-15(21)11-4-5-11)10(2)12-6-7-13(19)14(20)9-12/h6-7,9-11,19-20H,3-5,8,18H2,1-2H3/t10?,17-/m1/s1. The van der Waals surface area contributed by atoms with Crippen molar-refractivity contribution in [1.82, 2.24) is 0 Å². The molecule has 0 radical (unpaired) electrons. The molecule has 1 unspecified atom stereocenters. The average Bonchev–Trinajstić information content (AvgIpc) is 3.39. The molecular formula is C17H23NO6. The molecule has 2 atom stereocenters. The normalized spacial score (nSPS) is 17.6. The first-order valence-electron chi connectivity index (χ1n) is 8.00. The molecule has 1 aromatic rings. The van der Waals surface area contributed by atoms with Gasteiger partial charge in [0.15, 0.2) is 11.5 Å². The molecule has 2 rings (SSSR count). The van der Waals surface area contributed by atoms with Crippen molar-refractivity contribution in [1.29, 1.82) is 0 Å². The number of hydrogen-bond acceptors (Lipinski definition) is 7. The van der Waals surface area contributed by atoms with Crippen LogP contribution in [0.2, 0.25) is 0 Å². The molecule has 1 fully saturated rings. The highest BCUT2D eigenvalue weighted by molar-refractivity contribution is 5.85. The fraction of sp³-hybridized carbons (Fsp3) is 0.529. The summed E-state index contributed by atoms with van der Waals surface area (Å²) >= 11 is 0. The first-order valence-corrected chi connectivity index (χ1v) is 8.00. The fourth-order valence-electron chi connectivity index (χ4n) is 2.24. The van der Waals surface area contributed by atoms with Crippen molar-refractivity contribution in [3.05, 3.63) is 23.8 Å². The maximum Gasteiger partial charge on any atom is 0.366 e. The number of hydrogen-bond donors (Lipinski definition) is 3. The van der Waals surface area contributed by atoms with E-state index in [0.29, 0.717) is 24.8 Å². The largest absolute Gasteiger partial charge is 0.504 e. The van der Waals surface area contributed by atoms with E-state index >= 15 is 0 Å². The number of phenols is 2. The smallest absolute Gasteiger partial charge is 0.366 e. The van der Waals surface area contributed by atoms with Crippen molar-refractivity contribution in [2.24, 2.45) is 11.7 Å². The van der Waals surface area contributed by atoms with Crippen molar-refractivity contribution in [2.45, 2.75) is 44.8 Å². The van der Waals surface area contributed by atoms with Crippen molar-refractivity contribution >= 4 is 11.9 Å². The van der Waals surface area contributed by atoms with E-state index in [-0.39, 0.29) is 24.0 Å². The molecule has 7 nitrogen and oxygen atoms in total. The Morgan fingerprint density at radius 1 is 1.33 bits per heavy atom. The number of esters is 2. The zero-order valence-electron chi connectivity index (χ0n) is 13.8. The highest BCUT2D eigenvalue weighted by Gasteiger charge is 2.48. The molecule has 1 saturated carbocycles. The van der Waals surface area contributed by atoms with Crippen molar-refractivity contribution < 1.29 is 29.3 Å². The Labute approximate surface area is 140 Å². The summed E-state index contributed by atoms with van der Waals surface area (Å²) in [5.41, 5.74) is 4.58. The Hall–Kier alpha value is -2.28. The fourth-order valence-corrected chi connectivity index (χ4v) is 2.24. The Morgan fingerprint density at radius 3 is 2.54 bits per heavy atom. The number of carbonyl (C=O) groups excluding carboxylic acids is 2. The molecule has 0 saturated heterocycles. The SMILES string of the molecule is CCCOC(=O)[C@](N)(OC(=O)C1CC1)C(C)c1ccc(O)c(O)c1. The Kier molecular flexibility index (Phi) is 5.33. The van der Waals surface area contributed by atoms with E-state index in [1.807, 2.05) is 6.92 Å². The predicted octanol–water partition coefficient (Wildman–Crippen LogP) is 1.76. The Bertz CT molecular complexity index is 628. The second kappa shape index (κ2) is 7.09. The summed E-state index contributed by atoms with van der Waals surface area (Å²) in [5, 5.41) is 19.1. The van der Waals surface area contributed by atoms with Crippen LogP contribution in [0.25, 0.3) is 0 Å². The van der Waals surface area contributed by atoms with E-state index in [1.165, 1.54) is 18.2 Å². The van der Waals surface area contributed by atoms with Crippen LogP contribution in [-0.2, 0) is 19.1 Å². The lowest BCUT2D eigenvalue weighted by atomic mass is 9.90. The minimum absolute atomic E-state index is 0.159. The number of nitrogens with two attached hydrogens (primary N) is 1. The van der Waals surface area contributed by atoms with Crippen LogP contribution >= 0.6 is 0 Å². The van der Waals surface area contributed by atoms with Gasteiger partial charge < -0.3 is 19.7 Å². The average molecular weight is 337 g/mol. The summed E-state index contributed by atoms with van der Waals surface area (Å²) < 4.78 is 10.4. The summed E-state index contributed by atoms with van der Waals surface area (Å²) in [6, 6.07) is 4.06. The van der Waals surface area contributed by atoms with Crippen molar-refractivity contribution in [3.63, 3.8) is 0 Å². The molecule has 0 spiro atoms. The number of phenolic OH excluding ortho intramolecular Hbond substituents is 2. The molecule has 4 N–H and O–H groups in total. The molecule has 132 valence electrons. The van der Waals surface area contributed by atoms with Gasteiger partial charge in [0, 0.05) is 5.92 Å². The summed E-state index contributed by atoms with van der Waals surface area (Å²) in [6.45, 7) is 3.59. The molecule has 1 aliphatic rings. The van der Waals surface area contributed by atoms with Gasteiger partial charge in [-0.15, -0.1) is 0 Å². The third kappa shape index (κ3) is 3.79. The third-order valence-electron chi connectivity index (χ3n) is 4.08. The second-order valence-electron chi connectivity index (χ2n) is 6.09. The third-order valence-corrected chi connectivity index (χ3v) is 4.08. The molecule has 24 heavy (non-hydrogen) atoms. The van der Waals surface area contributed by atoms with Crippen LogP contribution in [0, 0.1) is 5.92 Å². The lowest BCUT2D eigenvalue weighted by molar-refractivity contribution is -0.186. The quantitative estimate of drug-likeness (QED) is 0.394. The van der Waals surface area contributed by atoms with Gasteiger partial charge in [0.25, 0.3) is 5.72 Å². The molecule has 1 aromatic carbocycles. The van der Waals surface area contributed by atoms with Crippen LogP contribution in [0.4, 0.5) is 0 Å². The van der Waals surface area contributed by atoms with E-state index in [2.05, 4.69) is 0 Å². The van der Waals surface area contributed by atoms with Crippen LogP contribution in [0.1, 0.15) is 44.6 Å². The zero-order chi connectivity index (χ0) is 17.9. The molecular weight excluding hydrogens is 314 g/mol. The van der Waals surface area contributed by atoms with Gasteiger partial charge in [-0.2, -0.15) is 0 Å². The first kappa shape index (κ1) is 18.1. The summed E-state index contributed by atoms with van der Waals surface area (Å²) in [5.74, 6) is -3.02. The highest BCUT2D eigenvalue weighted by atomic mass is 16.6. The van der Waals surface area contributed by atoms with Crippen molar-refractivity contribution in [2.75, 3.05) is 6.61 Å². The first-order chi connectivity index (χ1) is 11.3. The van der Waals surface area contributed by atoms with Crippen LogP contribution in [-0.4, -0.2) is 34.5 Å². The lowest BCUT2D eigenvalue weighted by Crippen LogP contribution is -2.56. The van der Waals surface area contributed by atoms with Crippen LogP contribution < -0.4 is 5.73 Å². The van der Waals surface area contributed by atoms with Gasteiger partial charge in [0.05, 0.1) is 12.5 Å². The molecule has 0 amide bonds. The van der Waals surface area contributed by atoms with Crippen LogP contribution in [0.5, 0.6) is 11.5 Å². The lowest BCUT2D eigenvalue weighted by Gasteiger charge is -2.32.